The van der Waals surface area contributed by atoms with Gasteiger partial charge in [-0.1, -0.05) is 11.2 Å². The number of methoxy groups -OCH3 is 1. The Hall–Kier alpha value is -2.72. The highest BCUT2D eigenvalue weighted by molar-refractivity contribution is 5.94. The van der Waals surface area contributed by atoms with Gasteiger partial charge >= 0.3 is 0 Å². The average molecular weight is 272 g/mol. The second-order valence-corrected chi connectivity index (χ2v) is 3.91. The van der Waals surface area contributed by atoms with Crippen LogP contribution in [-0.4, -0.2) is 23.2 Å². The van der Waals surface area contributed by atoms with E-state index in [0.29, 0.717) is 22.8 Å². The maximum atomic E-state index is 11.9. The molecule has 2 aromatic rings. The van der Waals surface area contributed by atoms with Crippen LogP contribution in [0.2, 0.25) is 0 Å². The maximum Gasteiger partial charge on any atom is 0.252 e. The molecule has 0 fully saturated rings. The highest BCUT2D eigenvalue weighted by Crippen LogP contribution is 2.04. The van der Waals surface area contributed by atoms with Crippen molar-refractivity contribution in [2.45, 2.75) is 13.2 Å². The van der Waals surface area contributed by atoms with Crippen LogP contribution in [0.1, 0.15) is 27.6 Å². The molecule has 0 aliphatic rings. The van der Waals surface area contributed by atoms with E-state index in [1.54, 1.807) is 18.2 Å². The van der Waals surface area contributed by atoms with Crippen molar-refractivity contribution in [3.8, 4) is 6.07 Å². The first kappa shape index (κ1) is 13.7. The van der Waals surface area contributed by atoms with E-state index in [0.717, 1.165) is 0 Å². The molecule has 0 saturated heterocycles. The van der Waals surface area contributed by atoms with Crippen molar-refractivity contribution in [2.24, 2.45) is 0 Å². The van der Waals surface area contributed by atoms with Crippen molar-refractivity contribution in [2.75, 3.05) is 7.11 Å². The number of nitrogens with one attached hydrogen (secondary N) is 1. The number of ether oxygens (including phenoxy) is 1. The summed E-state index contributed by atoms with van der Waals surface area (Å²) in [5.74, 6) is 0.408. The van der Waals surface area contributed by atoms with Crippen LogP contribution in [-0.2, 0) is 17.9 Å². The lowest BCUT2D eigenvalue weighted by molar-refractivity contribution is 0.0949. The van der Waals surface area contributed by atoms with Gasteiger partial charge in [0.1, 0.15) is 6.61 Å². The number of benzene rings is 1. The van der Waals surface area contributed by atoms with E-state index in [-0.39, 0.29) is 19.1 Å². The van der Waals surface area contributed by atoms with Crippen LogP contribution in [0.4, 0.5) is 0 Å². The number of hydrogen-bond donors (Lipinski definition) is 1. The lowest BCUT2D eigenvalue weighted by atomic mass is 10.1. The molecule has 1 heterocycles. The van der Waals surface area contributed by atoms with E-state index in [4.69, 9.17) is 14.5 Å². The van der Waals surface area contributed by atoms with Gasteiger partial charge in [0.05, 0.1) is 18.2 Å². The van der Waals surface area contributed by atoms with Gasteiger partial charge in [0.15, 0.2) is 5.82 Å². The van der Waals surface area contributed by atoms with Gasteiger partial charge in [-0.05, 0) is 18.2 Å². The number of aromatic nitrogens is 2. The summed E-state index contributed by atoms with van der Waals surface area (Å²) in [5, 5.41) is 15.1. The van der Waals surface area contributed by atoms with E-state index >= 15 is 0 Å². The SMILES string of the molecule is COCc1nc(CNC(=O)c2cccc(C#N)c2)no1. The number of carbonyl (C=O) groups excluding carboxylic acids is 1. The Morgan fingerprint density at radius 1 is 1.55 bits per heavy atom. The lowest BCUT2D eigenvalue weighted by Gasteiger charge is -2.02. The smallest absolute Gasteiger partial charge is 0.252 e. The highest BCUT2D eigenvalue weighted by Gasteiger charge is 2.09. The van der Waals surface area contributed by atoms with Gasteiger partial charge < -0.3 is 14.6 Å². The minimum absolute atomic E-state index is 0.142. The van der Waals surface area contributed by atoms with E-state index in [9.17, 15) is 4.79 Å². The van der Waals surface area contributed by atoms with Crippen LogP contribution in [0.15, 0.2) is 28.8 Å². The van der Waals surface area contributed by atoms with Gasteiger partial charge in [-0.15, -0.1) is 0 Å². The Bertz CT molecular complexity index is 645. The highest BCUT2D eigenvalue weighted by atomic mass is 16.5. The second kappa shape index (κ2) is 6.45. The van der Waals surface area contributed by atoms with Gasteiger partial charge in [0.25, 0.3) is 11.8 Å². The minimum Gasteiger partial charge on any atom is -0.375 e. The Morgan fingerprint density at radius 3 is 3.15 bits per heavy atom. The van der Waals surface area contributed by atoms with Crippen LogP contribution in [0.3, 0.4) is 0 Å². The molecule has 102 valence electrons. The maximum absolute atomic E-state index is 11.9. The fourth-order valence-electron chi connectivity index (χ4n) is 1.54. The van der Waals surface area contributed by atoms with E-state index < -0.39 is 0 Å². The lowest BCUT2D eigenvalue weighted by Crippen LogP contribution is -2.23. The normalized spacial score (nSPS) is 10.0. The van der Waals surface area contributed by atoms with Crippen molar-refractivity contribution in [1.82, 2.24) is 15.5 Å². The van der Waals surface area contributed by atoms with Gasteiger partial charge in [0.2, 0.25) is 0 Å². The number of hydrogen-bond acceptors (Lipinski definition) is 6. The molecule has 1 aromatic heterocycles. The second-order valence-electron chi connectivity index (χ2n) is 3.91. The summed E-state index contributed by atoms with van der Waals surface area (Å²) in [6.45, 7) is 0.369. The van der Waals surface area contributed by atoms with Gasteiger partial charge in [-0.2, -0.15) is 10.2 Å². The minimum atomic E-state index is -0.305. The third-order valence-corrected chi connectivity index (χ3v) is 2.44. The molecule has 7 heteroatoms. The van der Waals surface area contributed by atoms with Crippen LogP contribution < -0.4 is 5.32 Å². The summed E-state index contributed by atoms with van der Waals surface area (Å²) in [6, 6.07) is 8.41. The molecule has 0 radical (unpaired) electrons. The van der Waals surface area contributed by atoms with Gasteiger partial charge in [0, 0.05) is 12.7 Å². The van der Waals surface area contributed by atoms with Gasteiger partial charge in [-0.25, -0.2) is 0 Å². The summed E-state index contributed by atoms with van der Waals surface area (Å²) in [6.07, 6.45) is 0. The Labute approximate surface area is 115 Å². The molecule has 0 aliphatic heterocycles. The van der Waals surface area contributed by atoms with Gasteiger partial charge in [-0.3, -0.25) is 4.79 Å². The van der Waals surface area contributed by atoms with Crippen LogP contribution in [0, 0.1) is 11.3 Å². The molecular weight excluding hydrogens is 260 g/mol. The summed E-state index contributed by atoms with van der Waals surface area (Å²) < 4.78 is 9.75. The Morgan fingerprint density at radius 2 is 2.40 bits per heavy atom. The van der Waals surface area contributed by atoms with Crippen LogP contribution >= 0.6 is 0 Å². The quantitative estimate of drug-likeness (QED) is 0.871. The summed E-state index contributed by atoms with van der Waals surface area (Å²) >= 11 is 0. The molecule has 7 nitrogen and oxygen atoms in total. The zero-order valence-electron chi connectivity index (χ0n) is 10.8. The number of rotatable bonds is 5. The molecule has 0 saturated carbocycles. The third-order valence-electron chi connectivity index (χ3n) is 2.44. The first-order chi connectivity index (χ1) is 9.72. The fourth-order valence-corrected chi connectivity index (χ4v) is 1.54. The molecule has 0 bridgehead atoms. The standard InChI is InChI=1S/C13H12N4O3/c1-19-8-12-16-11(17-20-12)7-15-13(18)10-4-2-3-9(5-10)6-14/h2-5H,7-8H2,1H3,(H,15,18). The molecule has 2 rings (SSSR count). The van der Waals surface area contributed by atoms with Crippen LogP contribution in [0.5, 0.6) is 0 Å². The molecule has 0 atom stereocenters. The number of amides is 1. The molecule has 20 heavy (non-hydrogen) atoms. The summed E-state index contributed by atoms with van der Waals surface area (Å²) in [7, 11) is 1.52. The molecule has 0 unspecified atom stereocenters. The predicted molar refractivity (Wildman–Crippen MR) is 67.3 cm³/mol. The first-order valence-corrected chi connectivity index (χ1v) is 5.81. The van der Waals surface area contributed by atoms with Crippen molar-refractivity contribution >= 4 is 5.91 Å². The molecular formula is C13H12N4O3. The van der Waals surface area contributed by atoms with Crippen molar-refractivity contribution < 1.29 is 14.1 Å². The van der Waals surface area contributed by atoms with Crippen molar-refractivity contribution in [3.05, 3.63) is 47.1 Å². The summed E-state index contributed by atoms with van der Waals surface area (Å²) in [4.78, 5) is 15.9. The third kappa shape index (κ3) is 3.40. The molecule has 1 N–H and O–H groups in total. The monoisotopic (exact) mass is 272 g/mol. The average Bonchev–Trinajstić information content (AvgIpc) is 2.93. The van der Waals surface area contributed by atoms with E-state index in [2.05, 4.69) is 15.5 Å². The van der Waals surface area contributed by atoms with Crippen molar-refractivity contribution in [1.29, 1.82) is 5.26 Å². The predicted octanol–water partition coefficient (Wildman–Crippen LogP) is 1.02. The van der Waals surface area contributed by atoms with Crippen LogP contribution in [0.25, 0.3) is 0 Å². The number of nitriles is 1. The zero-order valence-corrected chi connectivity index (χ0v) is 10.8. The molecule has 1 aromatic carbocycles. The first-order valence-electron chi connectivity index (χ1n) is 5.81. The number of carbonyl (C=O) groups is 1. The van der Waals surface area contributed by atoms with E-state index in [1.807, 2.05) is 6.07 Å². The largest absolute Gasteiger partial charge is 0.375 e. The van der Waals surface area contributed by atoms with Crippen molar-refractivity contribution in [3.63, 3.8) is 0 Å². The summed E-state index contributed by atoms with van der Waals surface area (Å²) in [5.41, 5.74) is 0.837. The number of nitrogens with zero attached hydrogens (tertiary/aromatic N) is 3. The van der Waals surface area contributed by atoms with E-state index in [1.165, 1.54) is 13.2 Å². The molecule has 1 amide bonds. The molecule has 0 spiro atoms. The topological polar surface area (TPSA) is 101 Å². The fraction of sp³-hybridized carbons (Fsp3) is 0.231. The Kier molecular flexibility index (Phi) is 4.42. The molecule has 0 aliphatic carbocycles. The zero-order chi connectivity index (χ0) is 14.4. The Balaban J connectivity index is 1.95.